The normalized spacial score (nSPS) is 17.7. The van der Waals surface area contributed by atoms with Gasteiger partial charge in [-0.05, 0) is 82.7 Å². The summed E-state index contributed by atoms with van der Waals surface area (Å²) in [5, 5.41) is 19.7. The third kappa shape index (κ3) is 5.29. The van der Waals surface area contributed by atoms with E-state index < -0.39 is 5.60 Å². The number of benzene rings is 1. The van der Waals surface area contributed by atoms with E-state index in [-0.39, 0.29) is 12.1 Å². The number of nitrogens with zero attached hydrogens (tertiary/aromatic N) is 5. The zero-order valence-corrected chi connectivity index (χ0v) is 21.3. The molecule has 1 amide bonds. The third-order valence-electron chi connectivity index (χ3n) is 7.46. The lowest BCUT2D eigenvalue weighted by Gasteiger charge is -2.37. The number of rotatable bonds is 7. The number of aliphatic hydroxyl groups is 1. The first-order valence-corrected chi connectivity index (χ1v) is 12.8. The fourth-order valence-corrected chi connectivity index (χ4v) is 5.01. The van der Waals surface area contributed by atoms with Crippen LogP contribution in [0, 0.1) is 5.92 Å². The van der Waals surface area contributed by atoms with E-state index in [1.54, 1.807) is 7.05 Å². The summed E-state index contributed by atoms with van der Waals surface area (Å²) in [4.78, 5) is 28.8. The maximum absolute atomic E-state index is 12.8. The quantitative estimate of drug-likeness (QED) is 0.394. The van der Waals surface area contributed by atoms with E-state index in [2.05, 4.69) is 47.9 Å². The summed E-state index contributed by atoms with van der Waals surface area (Å²) in [6.07, 6.45) is 6.67. The zero-order chi connectivity index (χ0) is 25.3. The Kier molecular flexibility index (Phi) is 6.81. The van der Waals surface area contributed by atoms with E-state index in [1.165, 1.54) is 16.5 Å². The lowest BCUT2D eigenvalue weighted by atomic mass is 9.83. The van der Waals surface area contributed by atoms with Crippen LogP contribution in [-0.2, 0) is 6.54 Å². The lowest BCUT2D eigenvalue weighted by molar-refractivity contribution is -0.0136. The van der Waals surface area contributed by atoms with Crippen LogP contribution in [0.3, 0.4) is 0 Å². The maximum atomic E-state index is 12.8. The molecule has 0 unspecified atom stereocenters. The molecule has 3 heterocycles. The molecule has 10 nitrogen and oxygen atoms in total. The summed E-state index contributed by atoms with van der Waals surface area (Å²) in [5.41, 5.74) is 2.47. The van der Waals surface area contributed by atoms with Crippen molar-refractivity contribution >= 4 is 34.6 Å². The van der Waals surface area contributed by atoms with Crippen LogP contribution in [0.2, 0.25) is 0 Å². The maximum Gasteiger partial charge on any atom is 0.328 e. The van der Waals surface area contributed by atoms with Gasteiger partial charge < -0.3 is 21.1 Å². The number of piperidine rings is 1. The van der Waals surface area contributed by atoms with Crippen molar-refractivity contribution in [1.29, 1.82) is 0 Å². The molecule has 2 fully saturated rings. The van der Waals surface area contributed by atoms with Gasteiger partial charge in [0.1, 0.15) is 6.33 Å². The molecule has 1 aromatic carbocycles. The van der Waals surface area contributed by atoms with E-state index in [0.29, 0.717) is 28.8 Å². The second kappa shape index (κ2) is 10.0. The highest BCUT2D eigenvalue weighted by Crippen LogP contribution is 2.29. The average molecular weight is 493 g/mol. The first-order valence-electron chi connectivity index (χ1n) is 12.8. The van der Waals surface area contributed by atoms with Crippen LogP contribution in [0.5, 0.6) is 0 Å². The van der Waals surface area contributed by atoms with Gasteiger partial charge in [0.25, 0.3) is 0 Å². The molecule has 0 radical (unpaired) electrons. The molecule has 10 heteroatoms. The van der Waals surface area contributed by atoms with Gasteiger partial charge in [-0.3, -0.25) is 4.90 Å². The number of carbonyl (C=O) groups is 1. The van der Waals surface area contributed by atoms with Crippen LogP contribution in [0.25, 0.3) is 11.2 Å². The van der Waals surface area contributed by atoms with Crippen LogP contribution in [0.4, 0.5) is 22.2 Å². The van der Waals surface area contributed by atoms with Gasteiger partial charge in [-0.1, -0.05) is 12.1 Å². The van der Waals surface area contributed by atoms with E-state index in [0.717, 1.165) is 57.4 Å². The number of carbonyl (C=O) groups excluding carboxylic acids is 1. The van der Waals surface area contributed by atoms with Gasteiger partial charge in [0.05, 0.1) is 5.60 Å². The van der Waals surface area contributed by atoms with E-state index in [9.17, 15) is 9.90 Å². The van der Waals surface area contributed by atoms with Crippen LogP contribution >= 0.6 is 0 Å². The molecule has 5 rings (SSSR count). The lowest BCUT2D eigenvalue weighted by Crippen LogP contribution is -2.41. The van der Waals surface area contributed by atoms with Gasteiger partial charge in [0.2, 0.25) is 5.95 Å². The second-order valence-corrected chi connectivity index (χ2v) is 10.5. The van der Waals surface area contributed by atoms with Crippen molar-refractivity contribution in [2.75, 3.05) is 30.8 Å². The standard InChI is InChI=1S/C26H36N8O2/c1-26(2,36)18-10-12-33(13-11-18)15-17-6-4-9-20(14-17)29-24-31-22(27-3)21-23(32-24)34(16-28-21)25(35)30-19-7-5-8-19/h4,6,9,14,16,18-19,36H,5,7-8,10-13,15H2,1-3H3,(H,30,35)(H2,27,29,31,32). The summed E-state index contributed by atoms with van der Waals surface area (Å²) >= 11 is 0. The highest BCUT2D eigenvalue weighted by molar-refractivity contribution is 5.92. The summed E-state index contributed by atoms with van der Waals surface area (Å²) in [6, 6.07) is 8.24. The number of fused-ring (bicyclic) bond motifs is 1. The molecule has 2 aromatic heterocycles. The third-order valence-corrected chi connectivity index (χ3v) is 7.46. The van der Waals surface area contributed by atoms with Crippen molar-refractivity contribution < 1.29 is 9.90 Å². The largest absolute Gasteiger partial charge is 0.390 e. The SMILES string of the molecule is CNc1nc(Nc2cccc(CN3CCC(C(C)(C)O)CC3)c2)nc2c1ncn2C(=O)NC1CCC1. The smallest absolute Gasteiger partial charge is 0.328 e. The van der Waals surface area contributed by atoms with Crippen molar-refractivity contribution in [3.63, 3.8) is 0 Å². The molecule has 0 spiro atoms. The highest BCUT2D eigenvalue weighted by Gasteiger charge is 2.30. The Hall–Kier alpha value is -3.24. The van der Waals surface area contributed by atoms with Crippen molar-refractivity contribution in [3.05, 3.63) is 36.2 Å². The van der Waals surface area contributed by atoms with Crippen LogP contribution in [0.15, 0.2) is 30.6 Å². The summed E-state index contributed by atoms with van der Waals surface area (Å²) in [5.74, 6) is 1.30. The van der Waals surface area contributed by atoms with Crippen molar-refractivity contribution in [3.8, 4) is 0 Å². The first kappa shape index (κ1) is 24.5. The molecule has 0 bridgehead atoms. The number of aromatic nitrogens is 4. The highest BCUT2D eigenvalue weighted by atomic mass is 16.3. The Balaban J connectivity index is 1.30. The number of likely N-dealkylation sites (tertiary alicyclic amines) is 1. The number of hydrogen-bond acceptors (Lipinski definition) is 8. The molecule has 36 heavy (non-hydrogen) atoms. The minimum Gasteiger partial charge on any atom is -0.390 e. The Morgan fingerprint density at radius 1 is 1.17 bits per heavy atom. The molecule has 0 atom stereocenters. The van der Waals surface area contributed by atoms with Gasteiger partial charge in [0.15, 0.2) is 17.0 Å². The summed E-state index contributed by atoms with van der Waals surface area (Å²) < 4.78 is 1.45. The number of amides is 1. The Morgan fingerprint density at radius 2 is 1.94 bits per heavy atom. The van der Waals surface area contributed by atoms with E-state index in [1.807, 2.05) is 26.0 Å². The van der Waals surface area contributed by atoms with Gasteiger partial charge in [-0.15, -0.1) is 0 Å². The van der Waals surface area contributed by atoms with E-state index >= 15 is 0 Å². The minimum atomic E-state index is -0.615. The fraction of sp³-hybridized carbons (Fsp3) is 0.538. The van der Waals surface area contributed by atoms with Crippen molar-refractivity contribution in [1.82, 2.24) is 29.7 Å². The molecular weight excluding hydrogens is 456 g/mol. The molecule has 1 saturated heterocycles. The predicted molar refractivity (Wildman–Crippen MR) is 140 cm³/mol. The minimum absolute atomic E-state index is 0.218. The molecule has 1 saturated carbocycles. The molecule has 192 valence electrons. The predicted octanol–water partition coefficient (Wildman–Crippen LogP) is 3.70. The number of nitrogens with one attached hydrogen (secondary N) is 3. The van der Waals surface area contributed by atoms with Gasteiger partial charge >= 0.3 is 6.03 Å². The molecule has 1 aliphatic heterocycles. The van der Waals surface area contributed by atoms with Gasteiger partial charge in [0, 0.05) is 25.3 Å². The van der Waals surface area contributed by atoms with Crippen LogP contribution < -0.4 is 16.0 Å². The van der Waals surface area contributed by atoms with Crippen LogP contribution in [0.1, 0.15) is 51.5 Å². The topological polar surface area (TPSA) is 120 Å². The number of imidazole rings is 1. The average Bonchev–Trinajstić information content (AvgIpc) is 3.25. The zero-order valence-electron chi connectivity index (χ0n) is 21.3. The van der Waals surface area contributed by atoms with E-state index in [4.69, 9.17) is 0 Å². The van der Waals surface area contributed by atoms with Crippen molar-refractivity contribution in [2.24, 2.45) is 5.92 Å². The summed E-state index contributed by atoms with van der Waals surface area (Å²) in [7, 11) is 1.78. The Morgan fingerprint density at radius 3 is 2.61 bits per heavy atom. The van der Waals surface area contributed by atoms with Gasteiger partial charge in [-0.25, -0.2) is 14.3 Å². The molecule has 1 aliphatic carbocycles. The van der Waals surface area contributed by atoms with Gasteiger partial charge in [-0.2, -0.15) is 9.97 Å². The van der Waals surface area contributed by atoms with Crippen molar-refractivity contribution in [2.45, 2.75) is 64.1 Å². The Bertz CT molecular complexity index is 1220. The summed E-state index contributed by atoms with van der Waals surface area (Å²) in [6.45, 7) is 6.63. The molecule has 2 aliphatic rings. The molecule has 3 aromatic rings. The molecule has 4 N–H and O–H groups in total. The van der Waals surface area contributed by atoms with Crippen LogP contribution in [-0.4, -0.2) is 67.3 Å². The number of anilines is 3. The second-order valence-electron chi connectivity index (χ2n) is 10.5. The number of hydrogen-bond donors (Lipinski definition) is 4. The molecular formula is C26H36N8O2. The monoisotopic (exact) mass is 492 g/mol. The first-order chi connectivity index (χ1) is 17.3. The fourth-order valence-electron chi connectivity index (χ4n) is 5.01. The Labute approximate surface area is 211 Å².